The summed E-state index contributed by atoms with van der Waals surface area (Å²) in [5.41, 5.74) is 3.00. The third-order valence-electron chi connectivity index (χ3n) is 3.95. The van der Waals surface area contributed by atoms with E-state index in [1.165, 1.54) is 11.1 Å². The predicted octanol–water partition coefficient (Wildman–Crippen LogP) is 2.67. The summed E-state index contributed by atoms with van der Waals surface area (Å²) in [4.78, 5) is 0. The van der Waals surface area contributed by atoms with Crippen molar-refractivity contribution in [3.63, 3.8) is 0 Å². The second-order valence-corrected chi connectivity index (χ2v) is 6.51. The maximum Gasteiger partial charge on any atom is 0.0471 e. The molecule has 2 nitrogen and oxygen atoms in total. The number of hydrogen-bond donors (Lipinski definition) is 2. The molecule has 0 spiro atoms. The molecule has 0 amide bonds. The number of piperidine rings is 1. The molecule has 1 aromatic rings. The summed E-state index contributed by atoms with van der Waals surface area (Å²) < 4.78 is 0. The molecule has 0 aromatic heterocycles. The third kappa shape index (κ3) is 3.12. The Bertz CT molecular complexity index is 377. The van der Waals surface area contributed by atoms with Gasteiger partial charge in [-0.15, -0.1) is 0 Å². The number of aliphatic hydroxyl groups is 1. The summed E-state index contributed by atoms with van der Waals surface area (Å²) in [6, 6.07) is 9.01. The van der Waals surface area contributed by atoms with Gasteiger partial charge in [0, 0.05) is 19.7 Å². The van der Waals surface area contributed by atoms with Gasteiger partial charge < -0.3 is 10.4 Å². The van der Waals surface area contributed by atoms with Crippen molar-refractivity contribution in [3.05, 3.63) is 35.4 Å². The predicted molar refractivity (Wildman–Crippen MR) is 75.9 cm³/mol. The fourth-order valence-electron chi connectivity index (χ4n) is 2.68. The van der Waals surface area contributed by atoms with Crippen molar-refractivity contribution in [3.8, 4) is 0 Å². The van der Waals surface area contributed by atoms with Gasteiger partial charge in [0.05, 0.1) is 0 Å². The van der Waals surface area contributed by atoms with E-state index in [4.69, 9.17) is 0 Å². The van der Waals surface area contributed by atoms with Crippen LogP contribution in [-0.2, 0) is 5.41 Å². The molecule has 2 rings (SSSR count). The molecule has 1 fully saturated rings. The molecule has 1 heterocycles. The van der Waals surface area contributed by atoms with Gasteiger partial charge in [0.2, 0.25) is 0 Å². The molecule has 1 aliphatic rings. The third-order valence-corrected chi connectivity index (χ3v) is 3.95. The number of nitrogens with one attached hydrogen (secondary N) is 1. The van der Waals surface area contributed by atoms with Crippen LogP contribution in [0, 0.1) is 5.92 Å². The van der Waals surface area contributed by atoms with Gasteiger partial charge in [-0.25, -0.2) is 0 Å². The van der Waals surface area contributed by atoms with Crippen molar-refractivity contribution >= 4 is 0 Å². The molecular formula is C16H25NO. The van der Waals surface area contributed by atoms with Gasteiger partial charge >= 0.3 is 0 Å². The molecule has 2 heteroatoms. The van der Waals surface area contributed by atoms with Gasteiger partial charge in [-0.3, -0.25) is 0 Å². The number of benzene rings is 1. The standard InChI is InChI=1S/C16H25NO/c1-16(2,3)15-6-4-13(5-7-15)14-8-12(11-18)9-17-10-14/h4-7,12,14,17-18H,8-11H2,1-3H3. The van der Waals surface area contributed by atoms with E-state index in [-0.39, 0.29) is 5.41 Å². The van der Waals surface area contributed by atoms with Gasteiger partial charge in [-0.05, 0) is 34.8 Å². The quantitative estimate of drug-likeness (QED) is 0.842. The van der Waals surface area contributed by atoms with E-state index < -0.39 is 0 Å². The zero-order valence-electron chi connectivity index (χ0n) is 11.7. The summed E-state index contributed by atoms with van der Waals surface area (Å²) in [7, 11) is 0. The Balaban J connectivity index is 2.09. The minimum absolute atomic E-state index is 0.219. The fourth-order valence-corrected chi connectivity index (χ4v) is 2.68. The van der Waals surface area contributed by atoms with Crippen LogP contribution in [0.25, 0.3) is 0 Å². The van der Waals surface area contributed by atoms with E-state index in [9.17, 15) is 5.11 Å². The largest absolute Gasteiger partial charge is 0.396 e. The molecule has 0 radical (unpaired) electrons. The Morgan fingerprint density at radius 1 is 1.17 bits per heavy atom. The molecule has 0 bridgehead atoms. The van der Waals surface area contributed by atoms with Crippen LogP contribution in [0.2, 0.25) is 0 Å². The van der Waals surface area contributed by atoms with Gasteiger partial charge in [0.1, 0.15) is 0 Å². The van der Waals surface area contributed by atoms with Gasteiger partial charge in [0.25, 0.3) is 0 Å². The van der Waals surface area contributed by atoms with Crippen molar-refractivity contribution in [1.82, 2.24) is 5.32 Å². The average molecular weight is 247 g/mol. The van der Waals surface area contributed by atoms with Crippen molar-refractivity contribution in [2.45, 2.75) is 38.5 Å². The number of hydrogen-bond acceptors (Lipinski definition) is 2. The van der Waals surface area contributed by atoms with Crippen LogP contribution in [0.3, 0.4) is 0 Å². The molecule has 1 saturated heterocycles. The lowest BCUT2D eigenvalue weighted by atomic mass is 9.82. The van der Waals surface area contributed by atoms with E-state index in [2.05, 4.69) is 50.4 Å². The lowest BCUT2D eigenvalue weighted by molar-refractivity contribution is 0.190. The molecule has 2 unspecified atom stereocenters. The lowest BCUT2D eigenvalue weighted by Crippen LogP contribution is -2.36. The normalized spacial score (nSPS) is 25.1. The second-order valence-electron chi connectivity index (χ2n) is 6.51. The van der Waals surface area contributed by atoms with E-state index in [1.54, 1.807) is 0 Å². The molecule has 2 atom stereocenters. The first-order valence-corrected chi connectivity index (χ1v) is 6.92. The van der Waals surface area contributed by atoms with Crippen molar-refractivity contribution in [1.29, 1.82) is 0 Å². The Labute approximate surface area is 110 Å². The minimum atomic E-state index is 0.219. The maximum absolute atomic E-state index is 9.27. The molecule has 1 aliphatic heterocycles. The summed E-state index contributed by atoms with van der Waals surface area (Å²) in [5.74, 6) is 0.955. The van der Waals surface area contributed by atoms with Crippen molar-refractivity contribution in [2.75, 3.05) is 19.7 Å². The Morgan fingerprint density at radius 3 is 2.39 bits per heavy atom. The fraction of sp³-hybridized carbons (Fsp3) is 0.625. The highest BCUT2D eigenvalue weighted by atomic mass is 16.3. The molecule has 2 N–H and O–H groups in total. The van der Waals surface area contributed by atoms with Crippen LogP contribution >= 0.6 is 0 Å². The van der Waals surface area contributed by atoms with Crippen LogP contribution in [-0.4, -0.2) is 24.8 Å². The van der Waals surface area contributed by atoms with Crippen molar-refractivity contribution < 1.29 is 5.11 Å². The molecule has 18 heavy (non-hydrogen) atoms. The maximum atomic E-state index is 9.27. The van der Waals surface area contributed by atoms with Crippen LogP contribution in [0.4, 0.5) is 0 Å². The highest BCUT2D eigenvalue weighted by molar-refractivity contribution is 5.30. The SMILES string of the molecule is CC(C)(C)c1ccc(C2CNCC(CO)C2)cc1. The van der Waals surface area contributed by atoms with Crippen LogP contribution in [0.5, 0.6) is 0 Å². The molecule has 1 aromatic carbocycles. The zero-order chi connectivity index (χ0) is 13.2. The topological polar surface area (TPSA) is 32.3 Å². The highest BCUT2D eigenvalue weighted by Gasteiger charge is 2.22. The summed E-state index contributed by atoms with van der Waals surface area (Å²) in [5, 5.41) is 12.7. The van der Waals surface area contributed by atoms with Gasteiger partial charge in [0.15, 0.2) is 0 Å². The number of aliphatic hydroxyl groups excluding tert-OH is 1. The number of rotatable bonds is 2. The van der Waals surface area contributed by atoms with Crippen molar-refractivity contribution in [2.24, 2.45) is 5.92 Å². The highest BCUT2D eigenvalue weighted by Crippen LogP contribution is 2.29. The van der Waals surface area contributed by atoms with Crippen LogP contribution in [0.1, 0.15) is 44.2 Å². The van der Waals surface area contributed by atoms with Crippen LogP contribution in [0.15, 0.2) is 24.3 Å². The summed E-state index contributed by atoms with van der Waals surface area (Å²) in [6.45, 7) is 9.01. The van der Waals surface area contributed by atoms with E-state index >= 15 is 0 Å². The zero-order valence-corrected chi connectivity index (χ0v) is 11.7. The van der Waals surface area contributed by atoms with E-state index in [0.717, 1.165) is 19.5 Å². The summed E-state index contributed by atoms with van der Waals surface area (Å²) >= 11 is 0. The molecule has 0 saturated carbocycles. The minimum Gasteiger partial charge on any atom is -0.396 e. The lowest BCUT2D eigenvalue weighted by Gasteiger charge is -2.29. The molecular weight excluding hydrogens is 222 g/mol. The molecule has 0 aliphatic carbocycles. The first kappa shape index (κ1) is 13.6. The second kappa shape index (κ2) is 5.41. The van der Waals surface area contributed by atoms with Gasteiger partial charge in [-0.1, -0.05) is 45.0 Å². The molecule has 100 valence electrons. The van der Waals surface area contributed by atoms with E-state index in [1.807, 2.05) is 0 Å². The Kier molecular flexibility index (Phi) is 4.08. The first-order valence-electron chi connectivity index (χ1n) is 6.92. The van der Waals surface area contributed by atoms with Gasteiger partial charge in [-0.2, -0.15) is 0 Å². The average Bonchev–Trinajstić information content (AvgIpc) is 2.38. The monoisotopic (exact) mass is 247 g/mol. The Hall–Kier alpha value is -0.860. The Morgan fingerprint density at radius 2 is 1.83 bits per heavy atom. The van der Waals surface area contributed by atoms with Crippen LogP contribution < -0.4 is 5.32 Å². The van der Waals surface area contributed by atoms with E-state index in [0.29, 0.717) is 18.4 Å². The summed E-state index contributed by atoms with van der Waals surface area (Å²) in [6.07, 6.45) is 1.10. The smallest absolute Gasteiger partial charge is 0.0471 e. The first-order chi connectivity index (χ1) is 8.50.